The van der Waals surface area contributed by atoms with Crippen LogP contribution in [0, 0.1) is 0 Å². The molecule has 0 aromatic heterocycles. The number of cyclic esters (lactones) is 1. The van der Waals surface area contributed by atoms with Gasteiger partial charge < -0.3 is 4.74 Å². The summed E-state index contributed by atoms with van der Waals surface area (Å²) in [5.41, 5.74) is 0. The Balaban J connectivity index is 2.43. The third-order valence-corrected chi connectivity index (χ3v) is 4.35. The van der Waals surface area contributed by atoms with Crippen LogP contribution in [0.3, 0.4) is 0 Å². The molecule has 16 heavy (non-hydrogen) atoms. The predicted octanol–water partition coefficient (Wildman–Crippen LogP) is 1.55. The fourth-order valence-electron chi connectivity index (χ4n) is 1.32. The van der Waals surface area contributed by atoms with Crippen molar-refractivity contribution in [2.75, 3.05) is 0 Å². The van der Waals surface area contributed by atoms with Crippen molar-refractivity contribution in [3.05, 3.63) is 41.6 Å². The first-order chi connectivity index (χ1) is 7.51. The van der Waals surface area contributed by atoms with Crippen LogP contribution < -0.4 is 0 Å². The number of esters is 1. The maximum atomic E-state index is 12.0. The highest BCUT2D eigenvalue weighted by Gasteiger charge is 2.36. The van der Waals surface area contributed by atoms with Crippen molar-refractivity contribution < 1.29 is 17.9 Å². The molecule has 0 N–H and O–H groups in total. The van der Waals surface area contributed by atoms with E-state index in [1.165, 1.54) is 30.3 Å². The van der Waals surface area contributed by atoms with E-state index in [1.54, 1.807) is 0 Å². The van der Waals surface area contributed by atoms with Crippen LogP contribution in [0.1, 0.15) is 0 Å². The Kier molecular flexibility index (Phi) is 2.73. The SMILES string of the molecule is O=C1OC=CC1S(=O)(=O)c1ccc(Cl)cc1. The van der Waals surface area contributed by atoms with E-state index >= 15 is 0 Å². The van der Waals surface area contributed by atoms with E-state index in [0.29, 0.717) is 5.02 Å². The van der Waals surface area contributed by atoms with E-state index < -0.39 is 21.1 Å². The predicted molar refractivity (Wildman–Crippen MR) is 57.7 cm³/mol. The molecule has 0 amide bonds. The van der Waals surface area contributed by atoms with E-state index in [4.69, 9.17) is 11.6 Å². The topological polar surface area (TPSA) is 60.4 Å². The number of carbonyl (C=O) groups is 1. The molecular formula is C10H7ClO4S. The second kappa shape index (κ2) is 3.92. The molecule has 2 rings (SSSR count). The average Bonchev–Trinajstić information content (AvgIpc) is 2.66. The van der Waals surface area contributed by atoms with E-state index in [1.807, 2.05) is 0 Å². The standard InChI is InChI=1S/C10H7ClO4S/c11-7-1-3-8(4-2-7)16(13,14)9-5-6-15-10(9)12/h1-6,9H. The van der Waals surface area contributed by atoms with Gasteiger partial charge in [0, 0.05) is 5.02 Å². The van der Waals surface area contributed by atoms with Gasteiger partial charge in [-0.1, -0.05) is 11.6 Å². The Bertz CT molecular complexity index is 545. The largest absolute Gasteiger partial charge is 0.434 e. The Labute approximate surface area is 97.4 Å². The lowest BCUT2D eigenvalue weighted by Crippen LogP contribution is -2.25. The molecule has 0 spiro atoms. The van der Waals surface area contributed by atoms with Gasteiger partial charge in [0.2, 0.25) is 0 Å². The molecule has 1 unspecified atom stereocenters. The molecule has 6 heteroatoms. The number of halogens is 1. The van der Waals surface area contributed by atoms with E-state index in [2.05, 4.69) is 4.74 Å². The van der Waals surface area contributed by atoms with Crippen molar-refractivity contribution in [2.24, 2.45) is 0 Å². The second-order valence-electron chi connectivity index (χ2n) is 3.18. The van der Waals surface area contributed by atoms with Crippen LogP contribution in [0.25, 0.3) is 0 Å². The summed E-state index contributed by atoms with van der Waals surface area (Å²) in [5.74, 6) is -0.782. The van der Waals surface area contributed by atoms with Crippen molar-refractivity contribution in [3.8, 4) is 0 Å². The molecule has 4 nitrogen and oxygen atoms in total. The van der Waals surface area contributed by atoms with Crippen LogP contribution in [0.15, 0.2) is 41.5 Å². The highest BCUT2D eigenvalue weighted by atomic mass is 35.5. The number of benzene rings is 1. The maximum Gasteiger partial charge on any atom is 0.333 e. The number of rotatable bonds is 2. The minimum Gasteiger partial charge on any atom is -0.434 e. The zero-order valence-electron chi connectivity index (χ0n) is 7.96. The lowest BCUT2D eigenvalue weighted by molar-refractivity contribution is -0.134. The summed E-state index contributed by atoms with van der Waals surface area (Å²) in [6, 6.07) is 5.63. The van der Waals surface area contributed by atoms with Crippen LogP contribution >= 0.6 is 11.6 Å². The van der Waals surface area contributed by atoms with E-state index in [0.717, 1.165) is 6.26 Å². The van der Waals surface area contributed by atoms with Gasteiger partial charge in [-0.2, -0.15) is 0 Å². The summed E-state index contributed by atoms with van der Waals surface area (Å²) in [4.78, 5) is 11.2. The Hall–Kier alpha value is -1.33. The molecule has 1 heterocycles. The summed E-state index contributed by atoms with van der Waals surface area (Å²) < 4.78 is 28.4. The molecule has 0 radical (unpaired) electrons. The zero-order valence-corrected chi connectivity index (χ0v) is 9.53. The van der Waals surface area contributed by atoms with Crippen LogP contribution in [0.2, 0.25) is 5.02 Å². The van der Waals surface area contributed by atoms with Gasteiger partial charge in [-0.3, -0.25) is 0 Å². The van der Waals surface area contributed by atoms with Gasteiger partial charge in [0.05, 0.1) is 11.2 Å². The number of hydrogen-bond donors (Lipinski definition) is 0. The zero-order chi connectivity index (χ0) is 11.8. The lowest BCUT2D eigenvalue weighted by Gasteiger charge is -2.07. The third kappa shape index (κ3) is 1.83. The molecular weight excluding hydrogens is 252 g/mol. The van der Waals surface area contributed by atoms with E-state index in [9.17, 15) is 13.2 Å². The number of hydrogen-bond acceptors (Lipinski definition) is 4. The summed E-state index contributed by atoms with van der Waals surface area (Å²) in [6.45, 7) is 0. The molecule has 1 aromatic carbocycles. The first-order valence-corrected chi connectivity index (χ1v) is 6.31. The molecule has 1 aromatic rings. The average molecular weight is 259 g/mol. The first-order valence-electron chi connectivity index (χ1n) is 4.38. The van der Waals surface area contributed by atoms with E-state index in [-0.39, 0.29) is 4.90 Å². The molecule has 0 aliphatic carbocycles. The Morgan fingerprint density at radius 1 is 1.19 bits per heavy atom. The molecule has 84 valence electrons. The van der Waals surface area contributed by atoms with Crippen LogP contribution in [-0.4, -0.2) is 19.6 Å². The highest BCUT2D eigenvalue weighted by molar-refractivity contribution is 7.93. The quantitative estimate of drug-likeness (QED) is 0.755. The molecule has 0 fully saturated rings. The lowest BCUT2D eigenvalue weighted by atomic mass is 10.4. The first kappa shape index (κ1) is 11.2. The summed E-state index contributed by atoms with van der Waals surface area (Å²) in [5, 5.41) is -0.822. The summed E-state index contributed by atoms with van der Waals surface area (Å²) >= 11 is 5.65. The molecule has 1 aliphatic rings. The van der Waals surface area contributed by atoms with Gasteiger partial charge in [-0.15, -0.1) is 0 Å². The fourth-order valence-corrected chi connectivity index (χ4v) is 2.84. The normalized spacial score (nSPS) is 19.8. The molecule has 1 aliphatic heterocycles. The summed E-state index contributed by atoms with van der Waals surface area (Å²) in [7, 11) is -3.72. The number of ether oxygens (including phenoxy) is 1. The van der Waals surface area contributed by atoms with Gasteiger partial charge in [0.15, 0.2) is 15.1 Å². The van der Waals surface area contributed by atoms with Crippen molar-refractivity contribution >= 4 is 27.4 Å². The summed E-state index contributed by atoms with van der Waals surface area (Å²) in [6.07, 6.45) is 2.30. The minimum absolute atomic E-state index is 0.0467. The van der Waals surface area contributed by atoms with Gasteiger partial charge >= 0.3 is 5.97 Å². The van der Waals surface area contributed by atoms with Gasteiger partial charge in [-0.05, 0) is 30.3 Å². The van der Waals surface area contributed by atoms with Crippen molar-refractivity contribution in [3.63, 3.8) is 0 Å². The number of sulfone groups is 1. The van der Waals surface area contributed by atoms with Crippen molar-refractivity contribution in [2.45, 2.75) is 10.1 Å². The molecule has 0 bridgehead atoms. The van der Waals surface area contributed by atoms with Crippen molar-refractivity contribution in [1.82, 2.24) is 0 Å². The Morgan fingerprint density at radius 2 is 1.81 bits per heavy atom. The molecule has 1 atom stereocenters. The molecule has 0 saturated carbocycles. The smallest absolute Gasteiger partial charge is 0.333 e. The minimum atomic E-state index is -3.72. The number of carbonyl (C=O) groups excluding carboxylic acids is 1. The second-order valence-corrected chi connectivity index (χ2v) is 5.69. The third-order valence-electron chi connectivity index (χ3n) is 2.15. The fraction of sp³-hybridized carbons (Fsp3) is 0.100. The van der Waals surface area contributed by atoms with Gasteiger partial charge in [0.25, 0.3) is 0 Å². The van der Waals surface area contributed by atoms with Crippen molar-refractivity contribution in [1.29, 1.82) is 0 Å². The van der Waals surface area contributed by atoms with Crippen LogP contribution in [0.4, 0.5) is 0 Å². The monoisotopic (exact) mass is 258 g/mol. The van der Waals surface area contributed by atoms with Gasteiger partial charge in [-0.25, -0.2) is 13.2 Å². The Morgan fingerprint density at radius 3 is 2.31 bits per heavy atom. The van der Waals surface area contributed by atoms with Crippen LogP contribution in [-0.2, 0) is 19.4 Å². The molecule has 0 saturated heterocycles. The van der Waals surface area contributed by atoms with Gasteiger partial charge in [0.1, 0.15) is 0 Å². The highest BCUT2D eigenvalue weighted by Crippen LogP contribution is 2.22. The van der Waals surface area contributed by atoms with Crippen LogP contribution in [0.5, 0.6) is 0 Å². The maximum absolute atomic E-state index is 12.0.